The fraction of sp³-hybridized carbons (Fsp3) is 0.150. The summed E-state index contributed by atoms with van der Waals surface area (Å²) in [4.78, 5) is 26.6. The molecule has 1 heterocycles. The highest BCUT2D eigenvalue weighted by molar-refractivity contribution is 7.80. The van der Waals surface area contributed by atoms with E-state index in [0.29, 0.717) is 21.4 Å². The lowest BCUT2D eigenvalue weighted by Gasteiger charge is -2.37. The Hall–Kier alpha value is -2.70. The van der Waals surface area contributed by atoms with E-state index in [0.717, 1.165) is 5.69 Å². The maximum absolute atomic E-state index is 12.8. The first-order chi connectivity index (χ1) is 13.0. The molecule has 1 aliphatic rings. The average Bonchev–Trinajstić information content (AvgIpc) is 2.67. The average molecular weight is 401 g/mol. The Morgan fingerprint density at radius 2 is 1.74 bits per heavy atom. The molecular formula is C20H17ClN2O3S. The molecule has 1 aliphatic heterocycles. The lowest BCUT2D eigenvalue weighted by Crippen LogP contribution is -2.48. The number of ketones is 1. The molecule has 0 amide bonds. The number of nitrogens with zero attached hydrogens (tertiary/aromatic N) is 1. The van der Waals surface area contributed by atoms with Gasteiger partial charge in [-0.1, -0.05) is 48.0 Å². The molecule has 0 spiro atoms. The molecule has 3 rings (SSSR count). The van der Waals surface area contributed by atoms with Crippen molar-refractivity contribution in [3.05, 3.63) is 76.5 Å². The van der Waals surface area contributed by atoms with E-state index in [4.69, 9.17) is 23.8 Å². The number of halogens is 1. The van der Waals surface area contributed by atoms with Crippen molar-refractivity contribution in [2.24, 2.45) is 0 Å². The fourth-order valence-corrected chi connectivity index (χ4v) is 3.68. The number of ether oxygens (including phenoxy) is 1. The van der Waals surface area contributed by atoms with Gasteiger partial charge in [0.15, 0.2) is 5.11 Å². The van der Waals surface area contributed by atoms with Gasteiger partial charge in [0.05, 0.1) is 18.7 Å². The number of anilines is 1. The minimum absolute atomic E-state index is 0.243. The predicted molar refractivity (Wildman–Crippen MR) is 109 cm³/mol. The van der Waals surface area contributed by atoms with Gasteiger partial charge in [-0.15, -0.1) is 0 Å². The third-order valence-corrected chi connectivity index (χ3v) is 4.98. The minimum Gasteiger partial charge on any atom is -0.463 e. The molecule has 0 saturated heterocycles. The van der Waals surface area contributed by atoms with Crippen LogP contribution < -0.4 is 10.2 Å². The van der Waals surface area contributed by atoms with Crippen LogP contribution in [0.1, 0.15) is 18.5 Å². The number of hydrogen-bond donors (Lipinski definition) is 1. The number of benzene rings is 2. The highest BCUT2D eigenvalue weighted by Gasteiger charge is 2.38. The molecule has 0 aliphatic carbocycles. The highest BCUT2D eigenvalue weighted by atomic mass is 35.5. The molecule has 0 saturated carbocycles. The summed E-state index contributed by atoms with van der Waals surface area (Å²) >= 11 is 11.9. The third kappa shape index (κ3) is 3.59. The zero-order valence-electron chi connectivity index (χ0n) is 14.7. The van der Waals surface area contributed by atoms with E-state index in [2.05, 4.69) is 10.1 Å². The molecule has 0 unspecified atom stereocenters. The van der Waals surface area contributed by atoms with Gasteiger partial charge in [-0.3, -0.25) is 9.69 Å². The van der Waals surface area contributed by atoms with Crippen LogP contribution >= 0.6 is 23.8 Å². The van der Waals surface area contributed by atoms with Gasteiger partial charge in [-0.2, -0.15) is 0 Å². The molecule has 0 radical (unpaired) electrons. The minimum atomic E-state index is -0.941. The number of rotatable bonds is 4. The molecule has 7 heteroatoms. The maximum Gasteiger partial charge on any atom is 0.379 e. The predicted octanol–water partition coefficient (Wildman–Crippen LogP) is 3.79. The SMILES string of the molecule is COC(=O)C(=O)C1=C(C)N(c2ccccc2)C(=S)N[C@H]1c1ccccc1Cl. The molecular weight excluding hydrogens is 384 g/mol. The molecule has 0 fully saturated rings. The van der Waals surface area contributed by atoms with Gasteiger partial charge < -0.3 is 10.1 Å². The zero-order valence-corrected chi connectivity index (χ0v) is 16.3. The van der Waals surface area contributed by atoms with Gasteiger partial charge in [0.25, 0.3) is 5.78 Å². The van der Waals surface area contributed by atoms with Crippen molar-refractivity contribution in [3.63, 3.8) is 0 Å². The van der Waals surface area contributed by atoms with Crippen molar-refractivity contribution in [1.82, 2.24) is 5.32 Å². The molecule has 2 aromatic carbocycles. The second-order valence-corrected chi connectivity index (χ2v) is 6.69. The summed E-state index contributed by atoms with van der Waals surface area (Å²) in [5, 5.41) is 4.02. The number of thiocarbonyl (C=S) groups is 1. The Morgan fingerprint density at radius 3 is 2.37 bits per heavy atom. The largest absolute Gasteiger partial charge is 0.463 e. The summed E-state index contributed by atoms with van der Waals surface area (Å²) < 4.78 is 4.66. The number of allylic oxidation sites excluding steroid dienone is 1. The van der Waals surface area contributed by atoms with Crippen molar-refractivity contribution in [1.29, 1.82) is 0 Å². The molecule has 1 atom stereocenters. The number of methoxy groups -OCH3 is 1. The summed E-state index contributed by atoms with van der Waals surface area (Å²) in [5.41, 5.74) is 2.22. The molecule has 5 nitrogen and oxygen atoms in total. The standard InChI is InChI=1S/C20H17ClN2O3S/c1-12-16(18(24)19(25)26-2)17(14-10-6-7-11-15(14)21)22-20(27)23(12)13-8-4-3-5-9-13/h3-11,17H,1-2H3,(H,22,27)/t17-/m0/s1. The van der Waals surface area contributed by atoms with E-state index < -0.39 is 17.8 Å². The van der Waals surface area contributed by atoms with Gasteiger partial charge in [0.2, 0.25) is 0 Å². The summed E-state index contributed by atoms with van der Waals surface area (Å²) in [7, 11) is 1.18. The van der Waals surface area contributed by atoms with E-state index in [-0.39, 0.29) is 5.57 Å². The summed E-state index contributed by atoms with van der Waals surface area (Å²) in [5.74, 6) is -1.68. The highest BCUT2D eigenvalue weighted by Crippen LogP contribution is 2.36. The number of nitrogens with one attached hydrogen (secondary N) is 1. The number of esters is 1. The van der Waals surface area contributed by atoms with E-state index in [1.807, 2.05) is 36.4 Å². The van der Waals surface area contributed by atoms with Crippen molar-refractivity contribution in [2.45, 2.75) is 13.0 Å². The molecule has 1 N–H and O–H groups in total. The van der Waals surface area contributed by atoms with Crippen LogP contribution in [-0.2, 0) is 14.3 Å². The number of carbonyl (C=O) groups excluding carboxylic acids is 2. The lowest BCUT2D eigenvalue weighted by molar-refractivity contribution is -0.150. The lowest BCUT2D eigenvalue weighted by atomic mass is 9.91. The Kier molecular flexibility index (Phi) is 5.58. The van der Waals surface area contributed by atoms with Crippen LogP contribution in [0, 0.1) is 0 Å². The van der Waals surface area contributed by atoms with Crippen LogP contribution in [0.15, 0.2) is 65.9 Å². The molecule has 27 heavy (non-hydrogen) atoms. The summed E-state index contributed by atoms with van der Waals surface area (Å²) in [6.45, 7) is 1.75. The maximum atomic E-state index is 12.8. The number of carbonyl (C=O) groups is 2. The molecule has 0 bridgehead atoms. The Morgan fingerprint density at radius 1 is 1.11 bits per heavy atom. The fourth-order valence-electron chi connectivity index (χ4n) is 3.07. The van der Waals surface area contributed by atoms with Gasteiger partial charge >= 0.3 is 5.97 Å². The first-order valence-electron chi connectivity index (χ1n) is 8.19. The van der Waals surface area contributed by atoms with Crippen molar-refractivity contribution < 1.29 is 14.3 Å². The van der Waals surface area contributed by atoms with Crippen LogP contribution in [0.25, 0.3) is 0 Å². The van der Waals surface area contributed by atoms with E-state index in [1.165, 1.54) is 7.11 Å². The van der Waals surface area contributed by atoms with Crippen LogP contribution in [0.3, 0.4) is 0 Å². The topological polar surface area (TPSA) is 58.6 Å². The summed E-state index contributed by atoms with van der Waals surface area (Å²) in [6.07, 6.45) is 0. The Labute approximate surface area is 167 Å². The number of hydrogen-bond acceptors (Lipinski definition) is 4. The van der Waals surface area contributed by atoms with Crippen molar-refractivity contribution in [3.8, 4) is 0 Å². The van der Waals surface area contributed by atoms with Crippen molar-refractivity contribution in [2.75, 3.05) is 12.0 Å². The number of Topliss-reactive ketones (excluding diaryl/α,β-unsaturated/α-hetero) is 1. The first-order valence-corrected chi connectivity index (χ1v) is 8.97. The second-order valence-electron chi connectivity index (χ2n) is 5.89. The van der Waals surface area contributed by atoms with E-state index >= 15 is 0 Å². The third-order valence-electron chi connectivity index (χ3n) is 4.33. The van der Waals surface area contributed by atoms with Gasteiger partial charge in [0, 0.05) is 16.4 Å². The molecule has 0 aromatic heterocycles. The first kappa shape index (κ1) is 19.1. The molecule has 2 aromatic rings. The van der Waals surface area contributed by atoms with Gasteiger partial charge in [-0.05, 0) is 42.9 Å². The van der Waals surface area contributed by atoms with Gasteiger partial charge in [-0.25, -0.2) is 4.79 Å². The smallest absolute Gasteiger partial charge is 0.379 e. The summed E-state index contributed by atoms with van der Waals surface area (Å²) in [6, 6.07) is 15.8. The van der Waals surface area contributed by atoms with E-state index in [1.54, 1.807) is 30.0 Å². The molecule has 138 valence electrons. The van der Waals surface area contributed by atoms with Crippen LogP contribution in [0.5, 0.6) is 0 Å². The Bertz CT molecular complexity index is 943. The second kappa shape index (κ2) is 7.90. The quantitative estimate of drug-likeness (QED) is 0.478. The van der Waals surface area contributed by atoms with Crippen molar-refractivity contribution >= 4 is 46.4 Å². The monoisotopic (exact) mass is 400 g/mol. The van der Waals surface area contributed by atoms with Crippen LogP contribution in [0.2, 0.25) is 5.02 Å². The normalized spacial score (nSPS) is 16.8. The van der Waals surface area contributed by atoms with Gasteiger partial charge in [0.1, 0.15) is 0 Å². The Balaban J connectivity index is 2.20. The van der Waals surface area contributed by atoms with Crippen LogP contribution in [0.4, 0.5) is 5.69 Å². The zero-order chi connectivity index (χ0) is 19.6. The van der Waals surface area contributed by atoms with Crippen LogP contribution in [-0.4, -0.2) is 24.0 Å². The number of para-hydroxylation sites is 1. The van der Waals surface area contributed by atoms with E-state index in [9.17, 15) is 9.59 Å².